The van der Waals surface area contributed by atoms with Gasteiger partial charge in [0.05, 0.1) is 12.4 Å². The molecule has 0 saturated heterocycles. The van der Waals surface area contributed by atoms with Crippen LogP contribution < -0.4 is 21.9 Å². The molecule has 0 spiro atoms. The molecular formula is C19H28N6O4S. The Balaban J connectivity index is 1.87. The van der Waals surface area contributed by atoms with Crippen molar-refractivity contribution in [3.05, 3.63) is 33.2 Å². The second-order valence-corrected chi connectivity index (χ2v) is 8.62. The average Bonchev–Trinajstić information content (AvgIpc) is 3.43. The lowest BCUT2D eigenvalue weighted by atomic mass is 10.2. The van der Waals surface area contributed by atoms with Crippen molar-refractivity contribution in [3.63, 3.8) is 0 Å². The van der Waals surface area contributed by atoms with Gasteiger partial charge in [-0.25, -0.2) is 9.78 Å². The summed E-state index contributed by atoms with van der Waals surface area (Å²) < 4.78 is 8.48. The third-order valence-corrected chi connectivity index (χ3v) is 5.72. The van der Waals surface area contributed by atoms with Crippen LogP contribution in [-0.2, 0) is 16.1 Å². The van der Waals surface area contributed by atoms with E-state index in [1.165, 1.54) is 28.3 Å². The number of H-pyrrole nitrogens is 1. The van der Waals surface area contributed by atoms with Crippen LogP contribution in [0.5, 0.6) is 0 Å². The Morgan fingerprint density at radius 3 is 2.80 bits per heavy atom. The summed E-state index contributed by atoms with van der Waals surface area (Å²) in [5.74, 6) is -0.125. The molecule has 2 aromatic rings. The van der Waals surface area contributed by atoms with Gasteiger partial charge >= 0.3 is 5.69 Å². The standard InChI is InChI=1S/C19H28N6O4S/c1-12(2)10-25-16(20)15(17(27)22-18(25)28)24(8-9-29-3)14(26)11-30-19-21-6-7-23(19)13-4-5-13/h6-7,12-13H,4-5,8-11,20H2,1-3H3,(H,22,27,28). The maximum absolute atomic E-state index is 13.1. The van der Waals surface area contributed by atoms with E-state index in [-0.39, 0.29) is 42.2 Å². The summed E-state index contributed by atoms with van der Waals surface area (Å²) in [5, 5.41) is 0.768. The molecule has 1 fully saturated rings. The number of ether oxygens (including phenoxy) is 1. The van der Waals surface area contributed by atoms with Crippen molar-refractivity contribution in [3.8, 4) is 0 Å². The largest absolute Gasteiger partial charge is 0.383 e. The minimum atomic E-state index is -0.688. The summed E-state index contributed by atoms with van der Waals surface area (Å²) in [5.41, 5.74) is 4.89. The van der Waals surface area contributed by atoms with Crippen LogP contribution in [0.15, 0.2) is 27.1 Å². The molecule has 3 rings (SSSR count). The number of aromatic amines is 1. The summed E-state index contributed by atoms with van der Waals surface area (Å²) in [7, 11) is 1.51. The highest BCUT2D eigenvalue weighted by atomic mass is 32.2. The van der Waals surface area contributed by atoms with Gasteiger partial charge in [-0.05, 0) is 18.8 Å². The van der Waals surface area contributed by atoms with Gasteiger partial charge in [0.2, 0.25) is 5.91 Å². The topological polar surface area (TPSA) is 128 Å². The molecule has 10 nitrogen and oxygen atoms in total. The number of amides is 1. The number of hydrogen-bond donors (Lipinski definition) is 2. The Morgan fingerprint density at radius 2 is 2.17 bits per heavy atom. The van der Waals surface area contributed by atoms with E-state index in [1.807, 2.05) is 20.0 Å². The third kappa shape index (κ3) is 4.96. The minimum absolute atomic E-state index is 0.0219. The molecule has 0 aliphatic heterocycles. The number of carbonyl (C=O) groups excluding carboxylic acids is 1. The Bertz CT molecular complexity index is 1010. The average molecular weight is 437 g/mol. The molecular weight excluding hydrogens is 408 g/mol. The summed E-state index contributed by atoms with van der Waals surface area (Å²) >= 11 is 1.31. The van der Waals surface area contributed by atoms with Gasteiger partial charge in [0, 0.05) is 38.6 Å². The molecule has 0 radical (unpaired) electrons. The van der Waals surface area contributed by atoms with Crippen LogP contribution in [0.4, 0.5) is 11.5 Å². The predicted octanol–water partition coefficient (Wildman–Crippen LogP) is 1.08. The molecule has 0 unspecified atom stereocenters. The summed E-state index contributed by atoms with van der Waals surface area (Å²) in [4.78, 5) is 45.8. The number of nitrogens with two attached hydrogens (primary N) is 1. The first-order valence-corrected chi connectivity index (χ1v) is 10.9. The van der Waals surface area contributed by atoms with Crippen molar-refractivity contribution in [2.24, 2.45) is 5.92 Å². The summed E-state index contributed by atoms with van der Waals surface area (Å²) in [6, 6.07) is 0.452. The van der Waals surface area contributed by atoms with Gasteiger partial charge in [0.15, 0.2) is 10.8 Å². The number of rotatable bonds is 10. The van der Waals surface area contributed by atoms with Crippen molar-refractivity contribution in [1.82, 2.24) is 19.1 Å². The number of anilines is 2. The molecule has 164 valence electrons. The number of carbonyl (C=O) groups is 1. The number of imidazole rings is 1. The Morgan fingerprint density at radius 1 is 1.43 bits per heavy atom. The van der Waals surface area contributed by atoms with Gasteiger partial charge in [-0.1, -0.05) is 25.6 Å². The first-order chi connectivity index (χ1) is 14.3. The zero-order valence-corrected chi connectivity index (χ0v) is 18.3. The van der Waals surface area contributed by atoms with Crippen LogP contribution in [-0.4, -0.2) is 51.0 Å². The molecule has 1 aliphatic carbocycles. The lowest BCUT2D eigenvalue weighted by molar-refractivity contribution is -0.116. The molecule has 0 aromatic carbocycles. The Kier molecular flexibility index (Phi) is 7.03. The van der Waals surface area contributed by atoms with Crippen LogP contribution in [0.1, 0.15) is 32.7 Å². The first kappa shape index (κ1) is 22.2. The lowest BCUT2D eigenvalue weighted by Gasteiger charge is -2.24. The van der Waals surface area contributed by atoms with Crippen LogP contribution >= 0.6 is 11.8 Å². The van der Waals surface area contributed by atoms with Crippen LogP contribution in [0.3, 0.4) is 0 Å². The normalized spacial score (nSPS) is 13.7. The van der Waals surface area contributed by atoms with E-state index in [1.54, 1.807) is 6.20 Å². The quantitative estimate of drug-likeness (QED) is 0.533. The summed E-state index contributed by atoms with van der Waals surface area (Å²) in [6.45, 7) is 4.55. The monoisotopic (exact) mass is 436 g/mol. The highest BCUT2D eigenvalue weighted by molar-refractivity contribution is 7.99. The highest BCUT2D eigenvalue weighted by Crippen LogP contribution is 2.37. The molecule has 0 atom stereocenters. The molecule has 1 amide bonds. The number of hydrogen-bond acceptors (Lipinski definition) is 7. The first-order valence-electron chi connectivity index (χ1n) is 9.91. The smallest absolute Gasteiger partial charge is 0.330 e. The maximum atomic E-state index is 13.1. The highest BCUT2D eigenvalue weighted by Gasteiger charge is 2.27. The van der Waals surface area contributed by atoms with E-state index in [9.17, 15) is 14.4 Å². The van der Waals surface area contributed by atoms with Crippen molar-refractivity contribution in [2.75, 3.05) is 36.6 Å². The number of nitrogens with one attached hydrogen (secondary N) is 1. The molecule has 0 bridgehead atoms. The van der Waals surface area contributed by atoms with E-state index in [0.29, 0.717) is 12.6 Å². The molecule has 30 heavy (non-hydrogen) atoms. The molecule has 3 N–H and O–H groups in total. The number of thioether (sulfide) groups is 1. The second kappa shape index (κ2) is 9.52. The predicted molar refractivity (Wildman–Crippen MR) is 116 cm³/mol. The van der Waals surface area contributed by atoms with Gasteiger partial charge in [0.1, 0.15) is 5.82 Å². The number of nitrogen functional groups attached to an aromatic ring is 1. The van der Waals surface area contributed by atoms with Crippen molar-refractivity contribution in [1.29, 1.82) is 0 Å². The lowest BCUT2D eigenvalue weighted by Crippen LogP contribution is -2.43. The molecule has 1 saturated carbocycles. The van der Waals surface area contributed by atoms with Gasteiger partial charge < -0.3 is 19.9 Å². The van der Waals surface area contributed by atoms with Gasteiger partial charge in [-0.3, -0.25) is 19.1 Å². The molecule has 2 aromatic heterocycles. The molecule has 2 heterocycles. The third-order valence-electron chi connectivity index (χ3n) is 4.75. The van der Waals surface area contributed by atoms with Crippen LogP contribution in [0.25, 0.3) is 0 Å². The fraction of sp³-hybridized carbons (Fsp3) is 0.579. The molecule has 1 aliphatic rings. The van der Waals surface area contributed by atoms with Crippen molar-refractivity contribution < 1.29 is 9.53 Å². The number of methoxy groups -OCH3 is 1. The summed E-state index contributed by atoms with van der Waals surface area (Å²) in [6.07, 6.45) is 5.86. The maximum Gasteiger partial charge on any atom is 0.330 e. The van der Waals surface area contributed by atoms with E-state index < -0.39 is 11.2 Å². The SMILES string of the molecule is COCCN(C(=O)CSc1nccn1C1CC1)c1c(N)n(CC(C)C)c(=O)[nH]c1=O. The Labute approximate surface area is 178 Å². The van der Waals surface area contributed by atoms with Crippen molar-refractivity contribution >= 4 is 29.2 Å². The van der Waals surface area contributed by atoms with E-state index in [0.717, 1.165) is 18.0 Å². The zero-order chi connectivity index (χ0) is 21.8. The van der Waals surface area contributed by atoms with Gasteiger partial charge in [-0.15, -0.1) is 0 Å². The zero-order valence-electron chi connectivity index (χ0n) is 17.5. The van der Waals surface area contributed by atoms with Gasteiger partial charge in [-0.2, -0.15) is 0 Å². The number of nitrogens with zero attached hydrogens (tertiary/aromatic N) is 4. The van der Waals surface area contributed by atoms with Crippen LogP contribution in [0, 0.1) is 5.92 Å². The fourth-order valence-corrected chi connectivity index (χ4v) is 4.08. The minimum Gasteiger partial charge on any atom is -0.383 e. The van der Waals surface area contributed by atoms with E-state index >= 15 is 0 Å². The van der Waals surface area contributed by atoms with E-state index in [4.69, 9.17) is 10.5 Å². The second-order valence-electron chi connectivity index (χ2n) is 7.67. The van der Waals surface area contributed by atoms with Crippen LogP contribution in [0.2, 0.25) is 0 Å². The fourth-order valence-electron chi connectivity index (χ4n) is 3.17. The number of aromatic nitrogens is 4. The van der Waals surface area contributed by atoms with E-state index in [2.05, 4.69) is 14.5 Å². The van der Waals surface area contributed by atoms with Gasteiger partial charge in [0.25, 0.3) is 5.56 Å². The van der Waals surface area contributed by atoms with Crippen molar-refractivity contribution in [2.45, 2.75) is 44.4 Å². The molecule has 11 heteroatoms. The Hall–Kier alpha value is -2.53.